The van der Waals surface area contributed by atoms with E-state index >= 15 is 0 Å². The first-order valence-corrected chi connectivity index (χ1v) is 6.64. The van der Waals surface area contributed by atoms with Crippen LogP contribution >= 0.6 is 0 Å². The van der Waals surface area contributed by atoms with E-state index in [1.807, 2.05) is 6.07 Å². The number of likely N-dealkylation sites (tertiary alicyclic amines) is 1. The summed E-state index contributed by atoms with van der Waals surface area (Å²) in [6.45, 7) is -0.131. The van der Waals surface area contributed by atoms with E-state index in [0.29, 0.717) is 11.1 Å². The number of halogens is 2. The van der Waals surface area contributed by atoms with Gasteiger partial charge in [0.2, 0.25) is 0 Å². The van der Waals surface area contributed by atoms with Crippen molar-refractivity contribution in [2.75, 3.05) is 26.8 Å². The number of alkyl halides is 2. The third-order valence-corrected chi connectivity index (χ3v) is 3.65. The maximum atomic E-state index is 13.8. The lowest BCUT2D eigenvalue weighted by molar-refractivity contribution is -0.117. The molecule has 1 saturated heterocycles. The van der Waals surface area contributed by atoms with E-state index in [9.17, 15) is 13.6 Å². The number of hydrogen-bond acceptors (Lipinski definition) is 3. The molecule has 21 heavy (non-hydrogen) atoms. The summed E-state index contributed by atoms with van der Waals surface area (Å²) in [5.41, 5.74) is 0.715. The number of benzene rings is 1. The molecule has 2 rings (SSSR count). The summed E-state index contributed by atoms with van der Waals surface area (Å²) < 4.78 is 32.3. The van der Waals surface area contributed by atoms with Gasteiger partial charge in [-0.15, -0.1) is 0 Å². The molecule has 1 fully saturated rings. The van der Waals surface area contributed by atoms with E-state index in [-0.39, 0.29) is 32.0 Å². The first kappa shape index (κ1) is 15.4. The van der Waals surface area contributed by atoms with Crippen LogP contribution in [0.1, 0.15) is 22.3 Å². The van der Waals surface area contributed by atoms with Crippen molar-refractivity contribution in [1.82, 2.24) is 4.90 Å². The number of carbonyl (C=O) groups excluding carboxylic acids is 1. The van der Waals surface area contributed by atoms with Crippen LogP contribution in [0.3, 0.4) is 0 Å². The number of nitrogens with zero attached hydrogens (tertiary/aromatic N) is 2. The summed E-state index contributed by atoms with van der Waals surface area (Å²) in [6, 6.07) is 8.21. The standard InChI is InChI=1S/C15H16F2N2O2/c1-21-10-13-9-19(6-5-15(13,16)17)14(20)12-4-2-3-11(7-12)8-18/h2-4,7,13H,5-6,9-10H2,1H3. The van der Waals surface area contributed by atoms with E-state index < -0.39 is 11.8 Å². The van der Waals surface area contributed by atoms with Gasteiger partial charge in [-0.25, -0.2) is 8.78 Å². The van der Waals surface area contributed by atoms with Crippen molar-refractivity contribution < 1.29 is 18.3 Å². The van der Waals surface area contributed by atoms with Crippen LogP contribution in [0.4, 0.5) is 8.78 Å². The van der Waals surface area contributed by atoms with Crippen molar-refractivity contribution in [2.45, 2.75) is 12.3 Å². The van der Waals surface area contributed by atoms with Crippen LogP contribution in [0.25, 0.3) is 0 Å². The van der Waals surface area contributed by atoms with Crippen molar-refractivity contribution >= 4 is 5.91 Å². The number of methoxy groups -OCH3 is 1. The van der Waals surface area contributed by atoms with Gasteiger partial charge in [-0.05, 0) is 18.2 Å². The third-order valence-electron chi connectivity index (χ3n) is 3.65. The Labute approximate surface area is 121 Å². The Morgan fingerprint density at radius 2 is 2.33 bits per heavy atom. The predicted octanol–water partition coefficient (Wildman–Crippen LogP) is 2.30. The first-order chi connectivity index (χ1) is 9.97. The molecule has 0 spiro atoms. The summed E-state index contributed by atoms with van der Waals surface area (Å²) >= 11 is 0. The Morgan fingerprint density at radius 1 is 1.57 bits per heavy atom. The summed E-state index contributed by atoms with van der Waals surface area (Å²) in [5, 5.41) is 8.84. The largest absolute Gasteiger partial charge is 0.384 e. The summed E-state index contributed by atoms with van der Waals surface area (Å²) in [5.74, 6) is -4.15. The summed E-state index contributed by atoms with van der Waals surface area (Å²) in [6.07, 6.45) is -0.370. The Bertz CT molecular complexity index is 569. The molecule has 1 aliphatic rings. The molecule has 1 aliphatic heterocycles. The Kier molecular flexibility index (Phi) is 4.53. The lowest BCUT2D eigenvalue weighted by Crippen LogP contribution is -2.50. The molecule has 0 bridgehead atoms. The molecule has 1 aromatic carbocycles. The van der Waals surface area contributed by atoms with Gasteiger partial charge in [0.25, 0.3) is 11.8 Å². The highest BCUT2D eigenvalue weighted by atomic mass is 19.3. The quantitative estimate of drug-likeness (QED) is 0.859. The fourth-order valence-corrected chi connectivity index (χ4v) is 2.44. The van der Waals surface area contributed by atoms with Gasteiger partial charge >= 0.3 is 0 Å². The van der Waals surface area contributed by atoms with E-state index in [2.05, 4.69) is 0 Å². The molecule has 112 valence electrons. The molecule has 1 unspecified atom stereocenters. The van der Waals surface area contributed by atoms with Crippen molar-refractivity contribution in [1.29, 1.82) is 5.26 Å². The normalized spacial score (nSPS) is 20.9. The summed E-state index contributed by atoms with van der Waals surface area (Å²) in [4.78, 5) is 13.8. The minimum absolute atomic E-state index is 0.00281. The van der Waals surface area contributed by atoms with Crippen LogP contribution in [0, 0.1) is 17.2 Å². The maximum Gasteiger partial charge on any atom is 0.256 e. The van der Waals surface area contributed by atoms with Crippen molar-refractivity contribution in [3.05, 3.63) is 35.4 Å². The minimum Gasteiger partial charge on any atom is -0.384 e. The van der Waals surface area contributed by atoms with Gasteiger partial charge in [0.05, 0.1) is 24.2 Å². The zero-order chi connectivity index (χ0) is 15.5. The van der Waals surface area contributed by atoms with Gasteiger partial charge in [-0.3, -0.25) is 4.79 Å². The first-order valence-electron chi connectivity index (χ1n) is 6.64. The maximum absolute atomic E-state index is 13.8. The highest BCUT2D eigenvalue weighted by molar-refractivity contribution is 5.94. The average molecular weight is 294 g/mol. The third kappa shape index (κ3) is 3.37. The van der Waals surface area contributed by atoms with Gasteiger partial charge in [0, 0.05) is 32.2 Å². The second-order valence-electron chi connectivity index (χ2n) is 5.11. The molecule has 0 aromatic heterocycles. The fraction of sp³-hybridized carbons (Fsp3) is 0.467. The van der Waals surface area contributed by atoms with E-state index in [0.717, 1.165) is 0 Å². The second-order valence-corrected chi connectivity index (χ2v) is 5.11. The molecule has 1 aromatic rings. The van der Waals surface area contributed by atoms with Crippen LogP contribution in [0.15, 0.2) is 24.3 Å². The highest BCUT2D eigenvalue weighted by Gasteiger charge is 2.45. The van der Waals surface area contributed by atoms with Gasteiger partial charge in [0.1, 0.15) is 0 Å². The van der Waals surface area contributed by atoms with E-state index in [1.165, 1.54) is 18.1 Å². The average Bonchev–Trinajstić information content (AvgIpc) is 2.49. The number of amides is 1. The Hall–Kier alpha value is -2.00. The molecular weight excluding hydrogens is 278 g/mol. The van der Waals surface area contributed by atoms with Crippen molar-refractivity contribution in [3.63, 3.8) is 0 Å². The predicted molar refractivity (Wildman–Crippen MR) is 72.0 cm³/mol. The van der Waals surface area contributed by atoms with Gasteiger partial charge in [-0.1, -0.05) is 6.07 Å². The van der Waals surface area contributed by atoms with Gasteiger partial charge in [-0.2, -0.15) is 5.26 Å². The van der Waals surface area contributed by atoms with Crippen molar-refractivity contribution in [2.24, 2.45) is 5.92 Å². The fourth-order valence-electron chi connectivity index (χ4n) is 2.44. The number of hydrogen-bond donors (Lipinski definition) is 0. The summed E-state index contributed by atoms with van der Waals surface area (Å²) in [7, 11) is 1.37. The molecule has 6 heteroatoms. The number of ether oxygens (including phenoxy) is 1. The number of carbonyl (C=O) groups is 1. The van der Waals surface area contributed by atoms with Gasteiger partial charge < -0.3 is 9.64 Å². The number of piperidine rings is 1. The molecule has 4 nitrogen and oxygen atoms in total. The van der Waals surface area contributed by atoms with Gasteiger partial charge in [0.15, 0.2) is 0 Å². The van der Waals surface area contributed by atoms with E-state index in [4.69, 9.17) is 10.00 Å². The highest BCUT2D eigenvalue weighted by Crippen LogP contribution is 2.34. The lowest BCUT2D eigenvalue weighted by atomic mass is 9.93. The molecule has 0 saturated carbocycles. The molecule has 0 aliphatic carbocycles. The molecular formula is C15H16F2N2O2. The molecule has 1 atom stereocenters. The second kappa shape index (κ2) is 6.19. The topological polar surface area (TPSA) is 53.3 Å². The molecule has 1 amide bonds. The van der Waals surface area contributed by atoms with E-state index in [1.54, 1.807) is 18.2 Å². The van der Waals surface area contributed by atoms with Crippen LogP contribution in [0.2, 0.25) is 0 Å². The molecule has 1 heterocycles. The Morgan fingerprint density at radius 3 is 3.00 bits per heavy atom. The SMILES string of the molecule is COCC1CN(C(=O)c2cccc(C#N)c2)CCC1(F)F. The molecule has 0 radical (unpaired) electrons. The zero-order valence-electron chi connectivity index (χ0n) is 11.7. The lowest BCUT2D eigenvalue weighted by Gasteiger charge is -2.38. The number of rotatable bonds is 3. The smallest absolute Gasteiger partial charge is 0.256 e. The van der Waals surface area contributed by atoms with Crippen molar-refractivity contribution in [3.8, 4) is 6.07 Å². The van der Waals surface area contributed by atoms with Crippen LogP contribution in [-0.2, 0) is 4.74 Å². The minimum atomic E-state index is -2.82. The van der Waals surface area contributed by atoms with Crippen LogP contribution in [0.5, 0.6) is 0 Å². The Balaban J connectivity index is 2.15. The monoisotopic (exact) mass is 294 g/mol. The zero-order valence-corrected chi connectivity index (χ0v) is 11.7. The number of nitriles is 1. The van der Waals surface area contributed by atoms with Crippen LogP contribution in [-0.4, -0.2) is 43.5 Å². The molecule has 0 N–H and O–H groups in total. The van der Waals surface area contributed by atoms with Crippen LogP contribution < -0.4 is 0 Å².